The number of carbonyl (C=O) groups excluding carboxylic acids is 4. The molecule has 0 aromatic carbocycles. The van der Waals surface area contributed by atoms with E-state index in [-0.39, 0.29) is 18.6 Å². The van der Waals surface area contributed by atoms with Crippen LogP contribution < -0.4 is 16.0 Å². The number of rotatable bonds is 9. The summed E-state index contributed by atoms with van der Waals surface area (Å²) in [6.07, 6.45) is 7.50. The summed E-state index contributed by atoms with van der Waals surface area (Å²) in [5.41, 5.74) is -1.06. The molecule has 2 aliphatic rings. The summed E-state index contributed by atoms with van der Waals surface area (Å²) in [5.74, 6) is -1.73. The van der Waals surface area contributed by atoms with Gasteiger partial charge in [-0.3, -0.25) is 14.4 Å². The Hall–Kier alpha value is -2.16. The van der Waals surface area contributed by atoms with Crippen LogP contribution in [-0.2, 0) is 19.1 Å². The van der Waals surface area contributed by atoms with Crippen molar-refractivity contribution in [2.45, 2.75) is 69.4 Å². The number of urea groups is 1. The van der Waals surface area contributed by atoms with E-state index < -0.39 is 23.1 Å². The van der Waals surface area contributed by atoms with Gasteiger partial charge in [-0.15, -0.1) is 0 Å². The second-order valence-corrected chi connectivity index (χ2v) is 8.05. The maximum absolute atomic E-state index is 12.9. The van der Waals surface area contributed by atoms with Crippen LogP contribution in [0.1, 0.15) is 57.8 Å². The third kappa shape index (κ3) is 6.69. The van der Waals surface area contributed by atoms with Gasteiger partial charge in [0.1, 0.15) is 5.54 Å². The van der Waals surface area contributed by atoms with E-state index in [4.69, 9.17) is 4.74 Å². The lowest BCUT2D eigenvalue weighted by Gasteiger charge is -2.37. The summed E-state index contributed by atoms with van der Waals surface area (Å²) in [7, 11) is 3.20. The molecule has 0 radical (unpaired) electrons. The number of methoxy groups -OCH3 is 1. The Morgan fingerprint density at radius 3 is 2.31 bits per heavy atom. The highest BCUT2D eigenvalue weighted by atomic mass is 16.5. The summed E-state index contributed by atoms with van der Waals surface area (Å²) in [4.78, 5) is 51.1. The van der Waals surface area contributed by atoms with E-state index in [2.05, 4.69) is 16.0 Å². The molecule has 29 heavy (non-hydrogen) atoms. The number of ketones is 1. The molecule has 0 saturated heterocycles. The maximum Gasteiger partial charge on any atom is 0.318 e. The Morgan fingerprint density at radius 2 is 1.69 bits per heavy atom. The van der Waals surface area contributed by atoms with Crippen LogP contribution >= 0.6 is 0 Å². The molecule has 2 aliphatic carbocycles. The molecule has 0 unspecified atom stereocenters. The molecule has 0 spiro atoms. The van der Waals surface area contributed by atoms with Crippen LogP contribution in [-0.4, -0.2) is 74.0 Å². The van der Waals surface area contributed by atoms with Gasteiger partial charge in [-0.1, -0.05) is 32.1 Å². The third-order valence-electron chi connectivity index (χ3n) is 5.82. The molecule has 0 aromatic rings. The number of nitrogens with zero attached hydrogens (tertiary/aromatic N) is 1. The summed E-state index contributed by atoms with van der Waals surface area (Å²) in [6.45, 7) is 0.433. The highest BCUT2D eigenvalue weighted by Crippen LogP contribution is 2.28. The fourth-order valence-electron chi connectivity index (χ4n) is 3.94. The van der Waals surface area contributed by atoms with Crippen molar-refractivity contribution in [2.75, 3.05) is 33.9 Å². The van der Waals surface area contributed by atoms with Gasteiger partial charge in [-0.05, 0) is 25.7 Å². The Balaban J connectivity index is 1.91. The molecule has 2 fully saturated rings. The summed E-state index contributed by atoms with van der Waals surface area (Å²) in [5, 5.41) is 8.17. The Bertz CT molecular complexity index is 598. The third-order valence-corrected chi connectivity index (χ3v) is 5.82. The monoisotopic (exact) mass is 410 g/mol. The number of amides is 4. The minimum atomic E-state index is -1.06. The molecular formula is C20H34N4O5. The van der Waals surface area contributed by atoms with Crippen molar-refractivity contribution in [1.29, 1.82) is 0 Å². The lowest BCUT2D eigenvalue weighted by molar-refractivity contribution is -0.139. The lowest BCUT2D eigenvalue weighted by atomic mass is 9.81. The van der Waals surface area contributed by atoms with Crippen molar-refractivity contribution in [1.82, 2.24) is 20.9 Å². The predicted molar refractivity (Wildman–Crippen MR) is 107 cm³/mol. The van der Waals surface area contributed by atoms with Crippen molar-refractivity contribution in [2.24, 2.45) is 0 Å². The maximum atomic E-state index is 12.9. The van der Waals surface area contributed by atoms with Crippen LogP contribution in [0.3, 0.4) is 0 Å². The van der Waals surface area contributed by atoms with Gasteiger partial charge in [-0.2, -0.15) is 0 Å². The molecule has 0 bridgehead atoms. The zero-order valence-electron chi connectivity index (χ0n) is 17.6. The molecule has 164 valence electrons. The fraction of sp³-hybridized carbons (Fsp3) is 0.800. The van der Waals surface area contributed by atoms with Gasteiger partial charge in [-0.25, -0.2) is 4.79 Å². The molecule has 0 atom stereocenters. The Labute approximate surface area is 172 Å². The number of carbonyl (C=O) groups is 4. The molecule has 2 rings (SSSR count). The number of ether oxygens (including phenoxy) is 1. The minimum absolute atomic E-state index is 0.0498. The minimum Gasteiger partial charge on any atom is -0.383 e. The summed E-state index contributed by atoms with van der Waals surface area (Å²) >= 11 is 0. The second-order valence-electron chi connectivity index (χ2n) is 8.05. The fourth-order valence-corrected chi connectivity index (χ4v) is 3.94. The molecule has 4 amide bonds. The number of hydrogen-bond acceptors (Lipinski definition) is 5. The molecule has 0 aliphatic heterocycles. The van der Waals surface area contributed by atoms with Gasteiger partial charge in [0, 0.05) is 26.7 Å². The van der Waals surface area contributed by atoms with Crippen molar-refractivity contribution >= 4 is 23.6 Å². The smallest absolute Gasteiger partial charge is 0.318 e. The van der Waals surface area contributed by atoms with Crippen LogP contribution in [0.5, 0.6) is 0 Å². The molecular weight excluding hydrogens is 376 g/mol. The van der Waals surface area contributed by atoms with E-state index in [1.807, 2.05) is 0 Å². The van der Waals surface area contributed by atoms with Gasteiger partial charge in [0.05, 0.1) is 13.2 Å². The van der Waals surface area contributed by atoms with E-state index in [9.17, 15) is 19.2 Å². The number of nitrogens with one attached hydrogen (secondary N) is 3. The molecule has 9 heteroatoms. The SMILES string of the molecule is COCCN(C)C(=O)NC1(C(=O)NCC(=O)C(=O)NC2CCCC2)CCCCC1. The summed E-state index contributed by atoms with van der Waals surface area (Å²) in [6, 6.07) is -0.307. The van der Waals surface area contributed by atoms with E-state index in [0.717, 1.165) is 44.9 Å². The second kappa shape index (κ2) is 11.1. The topological polar surface area (TPSA) is 117 Å². The summed E-state index contributed by atoms with van der Waals surface area (Å²) < 4.78 is 4.98. The Morgan fingerprint density at radius 1 is 1.03 bits per heavy atom. The van der Waals surface area contributed by atoms with Gasteiger partial charge < -0.3 is 25.6 Å². The van der Waals surface area contributed by atoms with Crippen molar-refractivity contribution in [3.63, 3.8) is 0 Å². The van der Waals surface area contributed by atoms with Crippen LogP contribution in [0.4, 0.5) is 4.79 Å². The van der Waals surface area contributed by atoms with Crippen LogP contribution in [0, 0.1) is 0 Å². The standard InChI is InChI=1S/C20H34N4O5/c1-24(12-13-29-2)19(28)23-20(10-6-3-7-11-20)18(27)21-14-16(25)17(26)22-15-8-4-5-9-15/h15H,3-14H2,1-2H3,(H,21,27)(H,22,26)(H,23,28). The largest absolute Gasteiger partial charge is 0.383 e. The Kier molecular flexibility index (Phi) is 8.88. The van der Waals surface area contributed by atoms with Gasteiger partial charge in [0.2, 0.25) is 11.7 Å². The molecule has 0 aromatic heterocycles. The van der Waals surface area contributed by atoms with E-state index >= 15 is 0 Å². The van der Waals surface area contributed by atoms with Gasteiger partial charge in [0.25, 0.3) is 5.91 Å². The molecule has 2 saturated carbocycles. The average molecular weight is 411 g/mol. The highest BCUT2D eigenvalue weighted by molar-refractivity contribution is 6.37. The molecule has 3 N–H and O–H groups in total. The van der Waals surface area contributed by atoms with Gasteiger partial charge >= 0.3 is 6.03 Å². The zero-order chi connectivity index (χ0) is 21.3. The molecule has 0 heterocycles. The van der Waals surface area contributed by atoms with E-state index in [0.29, 0.717) is 26.0 Å². The quantitative estimate of drug-likeness (QED) is 0.484. The predicted octanol–water partition coefficient (Wildman–Crippen LogP) is 0.721. The number of likely N-dealkylation sites (N-methyl/N-ethyl adjacent to an activating group) is 1. The molecule has 9 nitrogen and oxygen atoms in total. The van der Waals surface area contributed by atoms with Crippen LogP contribution in [0.2, 0.25) is 0 Å². The van der Waals surface area contributed by atoms with Crippen LogP contribution in [0.15, 0.2) is 0 Å². The van der Waals surface area contributed by atoms with E-state index in [1.165, 1.54) is 4.90 Å². The first kappa shape index (κ1) is 23.1. The van der Waals surface area contributed by atoms with E-state index in [1.54, 1.807) is 14.2 Å². The van der Waals surface area contributed by atoms with Crippen molar-refractivity contribution in [3.8, 4) is 0 Å². The van der Waals surface area contributed by atoms with Crippen molar-refractivity contribution in [3.05, 3.63) is 0 Å². The zero-order valence-corrected chi connectivity index (χ0v) is 17.6. The van der Waals surface area contributed by atoms with Gasteiger partial charge in [0.15, 0.2) is 0 Å². The lowest BCUT2D eigenvalue weighted by Crippen LogP contribution is -2.62. The first-order valence-electron chi connectivity index (χ1n) is 10.5. The number of Topliss-reactive ketones (excluding diaryl/α,β-unsaturated/α-hetero) is 1. The highest BCUT2D eigenvalue weighted by Gasteiger charge is 2.41. The first-order valence-corrected chi connectivity index (χ1v) is 10.5. The van der Waals surface area contributed by atoms with Crippen molar-refractivity contribution < 1.29 is 23.9 Å². The average Bonchev–Trinajstić information content (AvgIpc) is 3.23. The number of hydrogen-bond donors (Lipinski definition) is 3. The normalized spacial score (nSPS) is 18.7. The van der Waals surface area contributed by atoms with Crippen LogP contribution in [0.25, 0.3) is 0 Å². The first-order chi connectivity index (χ1) is 13.9.